The zero-order chi connectivity index (χ0) is 21.3. The summed E-state index contributed by atoms with van der Waals surface area (Å²) in [4.78, 5) is 12.9. The Hall–Kier alpha value is -1.37. The molecule has 0 radical (unpaired) electrons. The van der Waals surface area contributed by atoms with E-state index in [0.717, 1.165) is 0 Å². The van der Waals surface area contributed by atoms with Gasteiger partial charge in [-0.15, -0.1) is 0 Å². The second-order valence-corrected chi connectivity index (χ2v) is 6.24. The van der Waals surface area contributed by atoms with E-state index in [2.05, 4.69) is 4.74 Å². The fourth-order valence-corrected chi connectivity index (χ4v) is 2.18. The molecule has 2 fully saturated rings. The van der Waals surface area contributed by atoms with Crippen LogP contribution in [0.2, 0.25) is 0 Å². The molecule has 0 atom stereocenters. The lowest BCUT2D eigenvalue weighted by atomic mass is 9.79. The number of carbonyl (C=O) groups is 1. The smallest absolute Gasteiger partial charge is 0.399 e. The maximum atomic E-state index is 12.4. The lowest BCUT2D eigenvalue weighted by Gasteiger charge is -2.32. The maximum Gasteiger partial charge on any atom is 0.494 e. The minimum Gasteiger partial charge on any atom is -0.399 e. The first-order chi connectivity index (χ1) is 12.5. The number of hydrogen-bond donors (Lipinski definition) is 0. The first-order valence-electron chi connectivity index (χ1n) is 10.0. The third-order valence-corrected chi connectivity index (χ3v) is 4.23. The van der Waals surface area contributed by atoms with Crippen LogP contribution in [0.3, 0.4) is 0 Å². The van der Waals surface area contributed by atoms with Crippen molar-refractivity contribution in [3.63, 3.8) is 0 Å². The van der Waals surface area contributed by atoms with Crippen molar-refractivity contribution in [2.45, 2.75) is 38.9 Å². The van der Waals surface area contributed by atoms with Crippen molar-refractivity contribution in [1.29, 1.82) is 0 Å². The highest BCUT2D eigenvalue weighted by Crippen LogP contribution is 2.36. The lowest BCUT2D eigenvalue weighted by Crippen LogP contribution is -2.42. The Morgan fingerprint density at radius 3 is 2.32 bits per heavy atom. The van der Waals surface area contributed by atoms with Gasteiger partial charge in [-0.25, -0.2) is 0 Å². The van der Waals surface area contributed by atoms with E-state index >= 15 is 0 Å². The number of benzene rings is 1. The molecule has 3 rings (SSSR count). The van der Waals surface area contributed by atoms with Crippen molar-refractivity contribution >= 4 is 24.2 Å². The highest BCUT2D eigenvalue weighted by molar-refractivity contribution is 6.62. The predicted octanol–water partition coefficient (Wildman–Crippen LogP) is 1.35. The van der Waals surface area contributed by atoms with Gasteiger partial charge in [0, 0.05) is 12.2 Å². The van der Waals surface area contributed by atoms with Gasteiger partial charge in [-0.2, -0.15) is 0 Å². The van der Waals surface area contributed by atoms with E-state index in [0.29, 0.717) is 10.4 Å². The molecule has 2 aliphatic heterocycles. The van der Waals surface area contributed by atoms with Crippen molar-refractivity contribution in [1.82, 2.24) is 0 Å². The monoisotopic (exact) mass is 309 g/mol. The molecule has 0 aliphatic carbocycles. The van der Waals surface area contributed by atoms with Gasteiger partial charge in [0.15, 0.2) is 0 Å². The largest absolute Gasteiger partial charge is 0.494 e. The van der Waals surface area contributed by atoms with Gasteiger partial charge in [-0.05, 0) is 45.3 Å². The molecule has 0 bridgehead atoms. The van der Waals surface area contributed by atoms with Gasteiger partial charge >= 0.3 is 7.12 Å². The molecule has 2 aliphatic rings. The van der Waals surface area contributed by atoms with Gasteiger partial charge in [0.25, 0.3) is 5.91 Å². The Kier molecular flexibility index (Phi) is 2.37. The number of rotatable bonds is 2. The number of anilines is 1. The Morgan fingerprint density at radius 2 is 1.73 bits per heavy atom. The first kappa shape index (κ1) is 9.70. The molecule has 118 valence electrons. The molecule has 0 N–H and O–H groups in total. The van der Waals surface area contributed by atoms with E-state index in [1.54, 1.807) is 12.1 Å². The summed E-state index contributed by atoms with van der Waals surface area (Å²) in [6, 6.07) is 5.93. The van der Waals surface area contributed by atoms with Crippen molar-refractivity contribution < 1.29 is 27.1 Å². The van der Waals surface area contributed by atoms with Crippen LogP contribution in [0.15, 0.2) is 24.3 Å². The molecule has 0 aromatic heterocycles. The SMILES string of the molecule is [2H]C1([2H])OC([2H])([2H])C([2H])([2H])N(c2ccc(B3OC(C)(C)C(C)(C)O3)cc2)C1=O. The van der Waals surface area contributed by atoms with E-state index in [4.69, 9.17) is 17.5 Å². The fourth-order valence-electron chi connectivity index (χ4n) is 2.18. The average Bonchev–Trinajstić information content (AvgIpc) is 2.73. The normalized spacial score (nSPS) is 34.8. The van der Waals surface area contributed by atoms with Gasteiger partial charge in [-0.3, -0.25) is 4.79 Å². The topological polar surface area (TPSA) is 48.0 Å². The second-order valence-electron chi connectivity index (χ2n) is 6.24. The number of amides is 1. The van der Waals surface area contributed by atoms with Crippen LogP contribution in [0.25, 0.3) is 0 Å². The Morgan fingerprint density at radius 1 is 1.14 bits per heavy atom. The Labute approximate surface area is 140 Å². The predicted molar refractivity (Wildman–Crippen MR) is 85.3 cm³/mol. The van der Waals surface area contributed by atoms with Crippen LogP contribution in [-0.4, -0.2) is 43.8 Å². The number of nitrogens with zero attached hydrogens (tertiary/aromatic N) is 1. The number of hydrogen-bond acceptors (Lipinski definition) is 4. The number of carbonyl (C=O) groups excluding carboxylic acids is 1. The van der Waals surface area contributed by atoms with Crippen LogP contribution in [-0.2, 0) is 18.8 Å². The summed E-state index contributed by atoms with van der Waals surface area (Å²) >= 11 is 0. The van der Waals surface area contributed by atoms with E-state index in [1.165, 1.54) is 12.1 Å². The maximum absolute atomic E-state index is 12.4. The van der Waals surface area contributed by atoms with Gasteiger partial charge in [0.2, 0.25) is 0 Å². The third-order valence-electron chi connectivity index (χ3n) is 4.23. The summed E-state index contributed by atoms with van der Waals surface area (Å²) in [5.74, 6) is -1.32. The summed E-state index contributed by atoms with van der Waals surface area (Å²) in [7, 11) is -0.658. The second kappa shape index (κ2) is 5.37. The molecule has 5 nitrogen and oxygen atoms in total. The van der Waals surface area contributed by atoms with Crippen LogP contribution in [0, 0.1) is 0 Å². The van der Waals surface area contributed by atoms with E-state index in [-0.39, 0.29) is 5.69 Å². The molecule has 2 heterocycles. The third kappa shape index (κ3) is 2.66. The standard InChI is InChI=1S/C16H22BNO4/c1-15(2)16(3,4)22-17(21-15)12-5-7-13(8-6-12)18-9-10-20-11-14(18)19/h5-8H,9-11H2,1-4H3/i9D2,10D2,11D2. The highest BCUT2D eigenvalue weighted by atomic mass is 16.7. The van der Waals surface area contributed by atoms with E-state index in [1.807, 2.05) is 27.7 Å². The van der Waals surface area contributed by atoms with Crippen LogP contribution >= 0.6 is 0 Å². The van der Waals surface area contributed by atoms with Gasteiger partial charge in [0.1, 0.15) is 6.56 Å². The van der Waals surface area contributed by atoms with Gasteiger partial charge < -0.3 is 18.9 Å². The quantitative estimate of drug-likeness (QED) is 0.774. The molecular weight excluding hydrogens is 281 g/mol. The summed E-state index contributed by atoms with van der Waals surface area (Å²) in [6.07, 6.45) is 0. The molecule has 1 aromatic rings. The average molecular weight is 309 g/mol. The van der Waals surface area contributed by atoms with Crippen LogP contribution < -0.4 is 10.4 Å². The van der Waals surface area contributed by atoms with Crippen molar-refractivity contribution in [2.24, 2.45) is 0 Å². The lowest BCUT2D eigenvalue weighted by molar-refractivity contribution is -0.125. The molecule has 0 unspecified atom stereocenters. The zero-order valence-electron chi connectivity index (χ0n) is 19.0. The van der Waals surface area contributed by atoms with Crippen LogP contribution in [0.5, 0.6) is 0 Å². The first-order valence-corrected chi connectivity index (χ1v) is 7.02. The van der Waals surface area contributed by atoms with Crippen molar-refractivity contribution in [3.8, 4) is 0 Å². The van der Waals surface area contributed by atoms with Crippen LogP contribution in [0.1, 0.15) is 35.9 Å². The van der Waals surface area contributed by atoms with Crippen molar-refractivity contribution in [2.75, 3.05) is 24.5 Å². The zero-order valence-corrected chi connectivity index (χ0v) is 13.0. The van der Waals surface area contributed by atoms with E-state index in [9.17, 15) is 4.79 Å². The molecule has 0 saturated carbocycles. The molecule has 1 amide bonds. The van der Waals surface area contributed by atoms with Gasteiger partial charge in [-0.1, -0.05) is 12.1 Å². The summed E-state index contributed by atoms with van der Waals surface area (Å²) < 4.78 is 63.0. The molecular formula is C16H22BNO4. The molecule has 1 aromatic carbocycles. The van der Waals surface area contributed by atoms with Gasteiger partial charge in [0.05, 0.1) is 26.0 Å². The number of morpholine rings is 1. The Balaban J connectivity index is 1.94. The summed E-state index contributed by atoms with van der Waals surface area (Å²) in [6.45, 7) is -1.33. The van der Waals surface area contributed by atoms with Crippen LogP contribution in [0.4, 0.5) is 5.69 Å². The van der Waals surface area contributed by atoms with Crippen molar-refractivity contribution in [3.05, 3.63) is 24.3 Å². The highest BCUT2D eigenvalue weighted by Gasteiger charge is 2.51. The van der Waals surface area contributed by atoms with E-state index < -0.39 is 43.8 Å². The summed E-state index contributed by atoms with van der Waals surface area (Å²) in [5.41, 5.74) is -0.457. The summed E-state index contributed by atoms with van der Waals surface area (Å²) in [5, 5.41) is 0. The molecule has 0 spiro atoms. The Bertz CT molecular complexity index is 783. The number of ether oxygens (including phenoxy) is 1. The molecule has 6 heteroatoms. The molecule has 2 saturated heterocycles. The molecule has 22 heavy (non-hydrogen) atoms. The fraction of sp³-hybridized carbons (Fsp3) is 0.562. The minimum atomic E-state index is -3.05. The minimum absolute atomic E-state index is 0.00804.